The van der Waals surface area contributed by atoms with Crippen LogP contribution in [-0.4, -0.2) is 204 Å². The Bertz CT molecular complexity index is 7070. The molecule has 756 valence electrons. The quantitative estimate of drug-likeness (QED) is 0.0153. The van der Waals surface area contributed by atoms with Crippen molar-refractivity contribution in [3.05, 3.63) is 226 Å². The fourth-order valence-electron chi connectivity index (χ4n) is 14.5. The number of hydrogen-bond donors (Lipinski definition) is 8. The molecule has 0 saturated carbocycles. The first-order valence-corrected chi connectivity index (χ1v) is 58.9. The Kier molecular flexibility index (Phi) is 36.5. The number of anilines is 17. The van der Waals surface area contributed by atoms with Gasteiger partial charge in [-0.25, -0.2) is 36.8 Å². The van der Waals surface area contributed by atoms with Crippen LogP contribution in [0.2, 0.25) is 15.1 Å². The molecule has 2 saturated heterocycles. The minimum atomic E-state index is -4.81. The van der Waals surface area contributed by atoms with Gasteiger partial charge in [0.2, 0.25) is 23.8 Å². The van der Waals surface area contributed by atoms with E-state index in [2.05, 4.69) is 116 Å². The average Bonchev–Trinajstić information content (AvgIpc) is 0.782. The van der Waals surface area contributed by atoms with E-state index in [4.69, 9.17) is 49.0 Å². The Hall–Kier alpha value is -11.6. The van der Waals surface area contributed by atoms with E-state index in [0.29, 0.717) is 80.3 Å². The van der Waals surface area contributed by atoms with Gasteiger partial charge in [-0.1, -0.05) is 78.1 Å². The number of nitriles is 1. The summed E-state index contributed by atoms with van der Waals surface area (Å²) in [7, 11) is -10.5. The van der Waals surface area contributed by atoms with Gasteiger partial charge in [-0.05, 0) is 234 Å². The lowest BCUT2D eigenvalue weighted by Gasteiger charge is -2.42. The monoisotopic (exact) mass is 2130 g/mol. The second-order valence-electron chi connectivity index (χ2n) is 35.0. The molecule has 12 aromatic rings. The minimum absolute atomic E-state index is 0.0459. The van der Waals surface area contributed by atoms with Crippen LogP contribution in [0.25, 0.3) is 0 Å². The van der Waals surface area contributed by atoms with Crippen LogP contribution in [0.3, 0.4) is 0 Å². The van der Waals surface area contributed by atoms with E-state index in [1.165, 1.54) is 103 Å². The summed E-state index contributed by atoms with van der Waals surface area (Å²) >= 11 is 18.6. The highest BCUT2D eigenvalue weighted by Crippen LogP contribution is 2.46. The summed E-state index contributed by atoms with van der Waals surface area (Å²) in [6, 6.07) is 47.9. The molecule has 0 radical (unpaired) electrons. The number of rotatable bonds is 30. The number of sulfone groups is 2. The molecule has 0 bridgehead atoms. The van der Waals surface area contributed by atoms with Gasteiger partial charge in [0.05, 0.1) is 93.7 Å². The third kappa shape index (κ3) is 29.1. The van der Waals surface area contributed by atoms with Crippen molar-refractivity contribution in [1.29, 1.82) is 5.26 Å². The molecule has 14 rings (SSSR count). The molecule has 0 atom stereocenters. The van der Waals surface area contributed by atoms with Crippen LogP contribution in [-0.2, 0) is 56.7 Å². The molecule has 46 heteroatoms. The first-order valence-electron chi connectivity index (χ1n) is 44.3. The summed E-state index contributed by atoms with van der Waals surface area (Å²) in [6.45, 7) is 28.4. The number of nitrogens with zero attached hydrogens (tertiary/aromatic N) is 12. The molecule has 4 aromatic heterocycles. The number of halogens is 9. The van der Waals surface area contributed by atoms with Crippen LogP contribution in [0.15, 0.2) is 198 Å². The fraction of sp³-hybridized carbons (Fsp3) is 0.323. The van der Waals surface area contributed by atoms with Crippen molar-refractivity contribution >= 4 is 203 Å². The molecule has 8 N–H and O–H groups in total. The number of piperazine rings is 1. The SMILES string of the molecule is CCc1cc(P(C)(C)=O)ccc1Nc1ncc(Cl)c(Nc2ccccc2S(=O)(=O)C(C)C)n1.COc1cc(N2CCC(N3CCN(C)CC3)CC2)ccc1Nc1ncc(Cl)c(Nc2cccc(P(C)(C)=O)c2)n1.COc1cc(P(C)(C)=O)ccc1Nc1ncc(C(F)(F)F)c(Nc2ccc(Cl)cc2C#N)n1.COc1cc(P(C)(C)=O)ccc1Nc1ncc(C(F)(F)F)c(Nc2ccccc2S(=O)(=O)C(C)C)n1. The predicted octanol–water partition coefficient (Wildman–Crippen LogP) is 21.9. The molecule has 2 aliphatic heterocycles. The Morgan fingerprint density at radius 1 is 0.437 bits per heavy atom. The van der Waals surface area contributed by atoms with Crippen LogP contribution < -0.4 is 82.9 Å². The van der Waals surface area contributed by atoms with Crippen molar-refractivity contribution in [3.8, 4) is 23.3 Å². The molecule has 0 aliphatic carbocycles. The van der Waals surface area contributed by atoms with Crippen molar-refractivity contribution in [1.82, 2.24) is 49.7 Å². The van der Waals surface area contributed by atoms with E-state index >= 15 is 0 Å². The molecule has 8 aromatic carbocycles. The first-order chi connectivity index (χ1) is 66.7. The standard InChI is InChI=1S/C29H39ClN7O2P.C23H28ClN4O3PS.C23H26F3N4O4PS.C21H18ClF3N5O2P/c1-35-14-16-37(17-15-35)22-10-12-36(13-11-22)23-8-9-26(27(19-23)39-2)33-29-31-20-25(30)28(34-29)32-21-6-5-7-24(18-21)40(3,4)38;1-6-16-13-17(32(4,5)29)11-12-19(16)27-23-25-14-18(24)22(28-23)26-20-9-7-8-10-21(20)33(30,31)15(2)3;1-14(2)36(32,33)20-9-7-6-8-18(20)28-21-16(23(24,25)26)13-27-22(30-21)29-17-11-10-15(35(4,5)31)12-19(17)34-3;1-32-18-9-14(33(2,3)31)5-7-17(18)29-20-27-11-15(21(23,24)25)19(30-20)28-16-6-4-13(22)8-12(16)10-26/h5-9,18-20,22H,10-17H2,1-4H3,(H2,31,32,33,34);7-15H,6H2,1-5H3,(H2,25,26,27,28);6-14H,1-5H3,(H2,27,28,29,30);4-9,11H,1-3H3,(H2,27,28,29,30). The Morgan fingerprint density at radius 3 is 1.25 bits per heavy atom. The van der Waals surface area contributed by atoms with E-state index in [0.717, 1.165) is 77.3 Å². The van der Waals surface area contributed by atoms with Gasteiger partial charge >= 0.3 is 12.4 Å². The zero-order valence-corrected chi connectivity index (χ0v) is 88.3. The number of para-hydroxylation sites is 2. The molecule has 142 heavy (non-hydrogen) atoms. The summed E-state index contributed by atoms with van der Waals surface area (Å²) in [4.78, 5) is 40.7. The molecule has 2 aliphatic rings. The molecule has 2 fully saturated rings. The van der Waals surface area contributed by atoms with Gasteiger partial charge in [-0.15, -0.1) is 0 Å². The van der Waals surface area contributed by atoms with Crippen molar-refractivity contribution in [2.24, 2.45) is 0 Å². The highest BCUT2D eigenvalue weighted by Gasteiger charge is 2.39. The number of hydrogen-bond acceptors (Lipinski definition) is 31. The number of methoxy groups -OCH3 is 3. The van der Waals surface area contributed by atoms with E-state index in [1.54, 1.807) is 141 Å². The maximum absolute atomic E-state index is 13.7. The number of ether oxygens (including phenoxy) is 3. The molecule has 6 heterocycles. The topological polar surface area (TPSA) is 397 Å². The molecule has 0 unspecified atom stereocenters. The van der Waals surface area contributed by atoms with E-state index in [-0.39, 0.29) is 54.5 Å². The number of alkyl halides is 6. The zero-order chi connectivity index (χ0) is 104. The number of aromatic nitrogens is 8. The number of piperidine rings is 1. The lowest BCUT2D eigenvalue weighted by atomic mass is 10.0. The van der Waals surface area contributed by atoms with Crippen LogP contribution in [0.4, 0.5) is 125 Å². The van der Waals surface area contributed by atoms with Gasteiger partial charge < -0.3 is 84.8 Å². The molecule has 0 amide bonds. The smallest absolute Gasteiger partial charge is 0.421 e. The maximum atomic E-state index is 13.7. The third-order valence-corrected chi connectivity index (χ3v) is 34.0. The first kappa shape index (κ1) is 111. The van der Waals surface area contributed by atoms with Crippen LogP contribution in [0.1, 0.15) is 69.7 Å². The number of benzene rings is 8. The van der Waals surface area contributed by atoms with Crippen molar-refractivity contribution in [2.75, 3.05) is 168 Å². The lowest BCUT2D eigenvalue weighted by molar-refractivity contribution is -0.138. The number of aryl methyl sites for hydroxylation is 1. The van der Waals surface area contributed by atoms with E-state index in [9.17, 15) is 66.7 Å². The second-order valence-corrected chi connectivity index (χ2v) is 54.1. The zero-order valence-electron chi connectivity index (χ0n) is 80.9. The molecular weight excluding hydrogens is 2020 g/mol. The summed E-state index contributed by atoms with van der Waals surface area (Å²) in [6.07, 6.45) is -2.23. The Labute approximate surface area is 837 Å². The van der Waals surface area contributed by atoms with Crippen molar-refractivity contribution in [2.45, 2.75) is 92.6 Å². The minimum Gasteiger partial charge on any atom is -0.495 e. The highest BCUT2D eigenvalue weighted by atomic mass is 35.5. The largest absolute Gasteiger partial charge is 0.495 e. The lowest BCUT2D eigenvalue weighted by Crippen LogP contribution is -2.52. The van der Waals surface area contributed by atoms with Gasteiger partial charge in [0, 0.05) is 107 Å². The second kappa shape index (κ2) is 46.8. The summed E-state index contributed by atoms with van der Waals surface area (Å²) in [5.41, 5.74) is 3.35. The van der Waals surface area contributed by atoms with Gasteiger partial charge in [0.25, 0.3) is 0 Å². The fourth-order valence-corrected chi connectivity index (χ4v) is 20.9. The summed E-state index contributed by atoms with van der Waals surface area (Å²) < 4.78 is 199. The third-order valence-electron chi connectivity index (χ3n) is 22.7. The van der Waals surface area contributed by atoms with E-state index in [1.807, 2.05) is 61.5 Å². The van der Waals surface area contributed by atoms with Gasteiger partial charge in [0.15, 0.2) is 31.3 Å². The van der Waals surface area contributed by atoms with Gasteiger partial charge in [0.1, 0.15) is 84.7 Å². The number of nitrogens with one attached hydrogen (secondary N) is 8. The summed E-state index contributed by atoms with van der Waals surface area (Å²) in [5, 5.41) is 35.0. The van der Waals surface area contributed by atoms with Gasteiger partial charge in [-0.2, -0.15) is 51.5 Å². The average molecular weight is 2130 g/mol. The molecule has 0 spiro atoms. The van der Waals surface area contributed by atoms with Gasteiger partial charge in [-0.3, -0.25) is 4.90 Å². The maximum Gasteiger partial charge on any atom is 0.421 e. The molecular formula is C96H111Cl3F6N20O11P4S2. The molecule has 31 nitrogen and oxygen atoms in total. The van der Waals surface area contributed by atoms with Crippen LogP contribution >= 0.6 is 63.4 Å². The normalized spacial score (nSPS) is 13.6. The number of likely N-dealkylation sites (N-methyl/N-ethyl adjacent to an activating group) is 1. The van der Waals surface area contributed by atoms with Crippen LogP contribution in [0.5, 0.6) is 17.2 Å². The van der Waals surface area contributed by atoms with Crippen LogP contribution in [0, 0.1) is 11.3 Å². The van der Waals surface area contributed by atoms with E-state index < -0.39 is 93.9 Å². The highest BCUT2D eigenvalue weighted by molar-refractivity contribution is 7.92. The summed E-state index contributed by atoms with van der Waals surface area (Å²) in [5.74, 6) is 1.22. The Morgan fingerprint density at radius 2 is 0.817 bits per heavy atom. The van der Waals surface area contributed by atoms with Crippen molar-refractivity contribution in [3.63, 3.8) is 0 Å². The predicted molar refractivity (Wildman–Crippen MR) is 560 cm³/mol. The Balaban J connectivity index is 0.000000181. The van der Waals surface area contributed by atoms with Crippen molar-refractivity contribution < 1.29 is 75.6 Å².